The second kappa shape index (κ2) is 8.08. The Morgan fingerprint density at radius 3 is 2.27 bits per heavy atom. The molecule has 9 heteroatoms. The molecule has 0 spiro atoms. The molecule has 2 heterocycles. The molecule has 2 aliphatic heterocycles. The van der Waals surface area contributed by atoms with Crippen molar-refractivity contribution < 1.29 is 27.5 Å². The minimum Gasteiger partial charge on any atom is -0.457 e. The number of hydrogen-bond acceptors (Lipinski definition) is 6. The van der Waals surface area contributed by atoms with Crippen LogP contribution >= 0.6 is 0 Å². The number of aryl methyl sites for hydroxylation is 1. The van der Waals surface area contributed by atoms with E-state index >= 15 is 0 Å². The number of piperidine rings is 1. The average molecular weight is 430 g/mol. The maximum absolute atomic E-state index is 13.0. The molecule has 2 aromatic carbocycles. The molecule has 0 bridgehead atoms. The van der Waals surface area contributed by atoms with E-state index < -0.39 is 16.1 Å². The molecule has 4 rings (SSSR count). The smallest absolute Gasteiger partial charge is 0.417 e. The van der Waals surface area contributed by atoms with Crippen LogP contribution in [0.1, 0.15) is 18.4 Å². The van der Waals surface area contributed by atoms with Crippen LogP contribution in [0.4, 0.5) is 4.79 Å². The van der Waals surface area contributed by atoms with Gasteiger partial charge in [0.05, 0.1) is 4.90 Å². The Kier molecular flexibility index (Phi) is 5.48. The van der Waals surface area contributed by atoms with Crippen molar-refractivity contribution >= 4 is 22.0 Å². The molecule has 0 unspecified atom stereocenters. The van der Waals surface area contributed by atoms with Crippen LogP contribution in [0, 0.1) is 6.92 Å². The van der Waals surface area contributed by atoms with Crippen molar-refractivity contribution in [3.05, 3.63) is 54.1 Å². The maximum Gasteiger partial charge on any atom is 0.417 e. The summed E-state index contributed by atoms with van der Waals surface area (Å²) >= 11 is 0. The summed E-state index contributed by atoms with van der Waals surface area (Å²) in [5.74, 6) is 0.892. The molecule has 2 fully saturated rings. The summed E-state index contributed by atoms with van der Waals surface area (Å²) in [5.41, 5.74) is 0.984. The van der Waals surface area contributed by atoms with Crippen LogP contribution in [0.2, 0.25) is 0 Å². The van der Waals surface area contributed by atoms with Gasteiger partial charge < -0.3 is 9.47 Å². The van der Waals surface area contributed by atoms with E-state index in [1.165, 1.54) is 16.4 Å². The summed E-state index contributed by atoms with van der Waals surface area (Å²) in [4.78, 5) is 24.8. The lowest BCUT2D eigenvalue weighted by molar-refractivity contribution is -0.127. The van der Waals surface area contributed by atoms with E-state index in [1.54, 1.807) is 12.1 Å². The van der Waals surface area contributed by atoms with Crippen molar-refractivity contribution in [3.8, 4) is 11.5 Å². The third kappa shape index (κ3) is 3.90. The summed E-state index contributed by atoms with van der Waals surface area (Å²) in [7, 11) is -3.68. The van der Waals surface area contributed by atoms with Crippen LogP contribution in [0.3, 0.4) is 0 Å². The fourth-order valence-electron chi connectivity index (χ4n) is 3.68. The lowest BCUT2D eigenvalue weighted by Crippen LogP contribution is -2.48. The van der Waals surface area contributed by atoms with Gasteiger partial charge in [0.1, 0.15) is 11.5 Å². The largest absolute Gasteiger partial charge is 0.457 e. The zero-order chi connectivity index (χ0) is 21.3. The van der Waals surface area contributed by atoms with Gasteiger partial charge in [0, 0.05) is 19.1 Å². The Labute approximate surface area is 175 Å². The fourth-order valence-corrected chi connectivity index (χ4v) is 5.15. The van der Waals surface area contributed by atoms with E-state index in [1.807, 2.05) is 31.2 Å². The van der Waals surface area contributed by atoms with E-state index in [9.17, 15) is 18.0 Å². The van der Waals surface area contributed by atoms with Crippen LogP contribution in [0.5, 0.6) is 11.5 Å². The standard InChI is InChI=1S/C21H22N2O6S/c1-15-4-2-3-5-19(15)29-17-6-8-18(9-7-17)30(26,27)22-12-10-16(11-13-22)23-20(24)14-28-21(23)25/h2-9,16H,10-14H2,1H3. The summed E-state index contributed by atoms with van der Waals surface area (Å²) in [6.45, 7) is 2.15. The number of carbonyl (C=O) groups excluding carboxylic acids is 2. The molecule has 2 aliphatic rings. The quantitative estimate of drug-likeness (QED) is 0.724. The number of ether oxygens (including phenoxy) is 2. The molecule has 2 aromatic rings. The van der Waals surface area contributed by atoms with Crippen LogP contribution in [-0.4, -0.2) is 55.4 Å². The van der Waals surface area contributed by atoms with Gasteiger partial charge in [-0.2, -0.15) is 4.31 Å². The summed E-state index contributed by atoms with van der Waals surface area (Å²) in [6.07, 6.45) is 0.119. The van der Waals surface area contributed by atoms with E-state index in [4.69, 9.17) is 9.47 Å². The van der Waals surface area contributed by atoms with E-state index in [0.29, 0.717) is 24.3 Å². The lowest BCUT2D eigenvalue weighted by Gasteiger charge is -2.34. The van der Waals surface area contributed by atoms with Gasteiger partial charge in [-0.15, -0.1) is 0 Å². The van der Waals surface area contributed by atoms with Gasteiger partial charge in [-0.25, -0.2) is 18.1 Å². The first-order chi connectivity index (χ1) is 14.4. The first-order valence-corrected chi connectivity index (χ1v) is 11.1. The Hall–Kier alpha value is -2.91. The molecule has 0 aromatic heterocycles. The van der Waals surface area contributed by atoms with Crippen LogP contribution in [-0.2, 0) is 19.6 Å². The molecule has 158 valence electrons. The van der Waals surface area contributed by atoms with Gasteiger partial charge in [0.25, 0.3) is 5.91 Å². The van der Waals surface area contributed by atoms with Gasteiger partial charge in [-0.3, -0.25) is 4.79 Å². The molecule has 0 saturated carbocycles. The Morgan fingerprint density at radius 2 is 1.67 bits per heavy atom. The van der Waals surface area contributed by atoms with E-state index in [0.717, 1.165) is 10.5 Å². The molecule has 0 N–H and O–H groups in total. The number of hydrogen-bond donors (Lipinski definition) is 0. The summed E-state index contributed by atoms with van der Waals surface area (Å²) in [5, 5.41) is 0. The average Bonchev–Trinajstić information content (AvgIpc) is 3.08. The molecule has 8 nitrogen and oxygen atoms in total. The van der Waals surface area contributed by atoms with Crippen molar-refractivity contribution in [2.75, 3.05) is 19.7 Å². The number of amides is 2. The second-order valence-electron chi connectivity index (χ2n) is 7.29. The Bertz CT molecular complexity index is 1040. The number of nitrogens with zero attached hydrogens (tertiary/aromatic N) is 2. The van der Waals surface area contributed by atoms with Gasteiger partial charge >= 0.3 is 6.09 Å². The molecule has 30 heavy (non-hydrogen) atoms. The highest BCUT2D eigenvalue weighted by molar-refractivity contribution is 7.89. The number of para-hydroxylation sites is 1. The van der Waals surface area contributed by atoms with Gasteiger partial charge in [0.2, 0.25) is 10.0 Å². The Morgan fingerprint density at radius 1 is 1.00 bits per heavy atom. The monoisotopic (exact) mass is 430 g/mol. The van der Waals surface area contributed by atoms with Crippen molar-refractivity contribution in [1.82, 2.24) is 9.21 Å². The van der Waals surface area contributed by atoms with Gasteiger partial charge in [-0.1, -0.05) is 18.2 Å². The number of carbonyl (C=O) groups is 2. The van der Waals surface area contributed by atoms with Crippen molar-refractivity contribution in [3.63, 3.8) is 0 Å². The molecular formula is C21H22N2O6S. The number of cyclic esters (lactones) is 1. The molecular weight excluding hydrogens is 408 g/mol. The minimum absolute atomic E-state index is 0.176. The first kappa shape index (κ1) is 20.4. The van der Waals surface area contributed by atoms with Crippen LogP contribution in [0.15, 0.2) is 53.4 Å². The van der Waals surface area contributed by atoms with Gasteiger partial charge in [0.15, 0.2) is 6.61 Å². The SMILES string of the molecule is Cc1ccccc1Oc1ccc(S(=O)(=O)N2CCC(N3C(=O)COC3=O)CC2)cc1. The Balaban J connectivity index is 1.42. The highest BCUT2D eigenvalue weighted by Gasteiger charge is 2.40. The molecule has 0 atom stereocenters. The third-order valence-corrected chi connectivity index (χ3v) is 7.27. The van der Waals surface area contributed by atoms with Gasteiger partial charge in [-0.05, 0) is 55.7 Å². The predicted octanol–water partition coefficient (Wildman–Crippen LogP) is 2.92. The molecule has 0 aliphatic carbocycles. The molecule has 2 saturated heterocycles. The highest BCUT2D eigenvalue weighted by atomic mass is 32.2. The summed E-state index contributed by atoms with van der Waals surface area (Å²) < 4.78 is 37.9. The normalized spacial score (nSPS) is 18.5. The zero-order valence-electron chi connectivity index (χ0n) is 16.5. The van der Waals surface area contributed by atoms with Crippen molar-refractivity contribution in [2.45, 2.75) is 30.7 Å². The van der Waals surface area contributed by atoms with Crippen LogP contribution < -0.4 is 4.74 Å². The molecule has 2 amide bonds. The number of imide groups is 1. The predicted molar refractivity (Wildman–Crippen MR) is 108 cm³/mol. The second-order valence-corrected chi connectivity index (χ2v) is 9.23. The molecule has 0 radical (unpaired) electrons. The maximum atomic E-state index is 13.0. The number of benzene rings is 2. The van der Waals surface area contributed by atoms with E-state index in [2.05, 4.69) is 0 Å². The van der Waals surface area contributed by atoms with Crippen LogP contribution in [0.25, 0.3) is 0 Å². The highest BCUT2D eigenvalue weighted by Crippen LogP contribution is 2.28. The van der Waals surface area contributed by atoms with Crippen molar-refractivity contribution in [1.29, 1.82) is 0 Å². The first-order valence-electron chi connectivity index (χ1n) is 9.69. The lowest BCUT2D eigenvalue weighted by atomic mass is 10.1. The topological polar surface area (TPSA) is 93.2 Å². The third-order valence-electron chi connectivity index (χ3n) is 5.36. The number of sulfonamides is 1. The number of rotatable bonds is 5. The summed E-state index contributed by atoms with van der Waals surface area (Å²) in [6, 6.07) is 13.6. The fraction of sp³-hybridized carbons (Fsp3) is 0.333. The minimum atomic E-state index is -3.68. The van der Waals surface area contributed by atoms with E-state index in [-0.39, 0.29) is 36.5 Å². The zero-order valence-corrected chi connectivity index (χ0v) is 17.3. The van der Waals surface area contributed by atoms with Crippen molar-refractivity contribution in [2.24, 2.45) is 0 Å².